The van der Waals surface area contributed by atoms with Gasteiger partial charge in [0, 0.05) is 6.42 Å². The van der Waals surface area contributed by atoms with Gasteiger partial charge in [0.1, 0.15) is 0 Å². The Bertz CT molecular complexity index is 425. The van der Waals surface area contributed by atoms with Crippen LogP contribution in [-0.2, 0) is 4.79 Å². The van der Waals surface area contributed by atoms with Crippen molar-refractivity contribution in [2.75, 3.05) is 6.61 Å². The van der Waals surface area contributed by atoms with Gasteiger partial charge in [-0.2, -0.15) is 0 Å². The molecule has 0 saturated heterocycles. The number of amides is 1. The van der Waals surface area contributed by atoms with E-state index in [1.807, 2.05) is 0 Å². The van der Waals surface area contributed by atoms with Crippen LogP contribution in [0.15, 0.2) is 12.2 Å². The van der Waals surface area contributed by atoms with Gasteiger partial charge in [-0.05, 0) is 38.5 Å². The number of carbonyl (C=O) groups is 1. The molecule has 0 aliphatic carbocycles. The highest BCUT2D eigenvalue weighted by molar-refractivity contribution is 5.76. The van der Waals surface area contributed by atoms with Crippen LogP contribution in [0.25, 0.3) is 0 Å². The SMILES string of the molecule is CCCCCC/C=C\CCCCCCCC(=O)NC(CO)C(O)CCCCCCCCC. The first kappa shape index (κ1) is 31.1. The van der Waals surface area contributed by atoms with Crippen molar-refractivity contribution >= 4 is 5.91 Å². The smallest absolute Gasteiger partial charge is 0.220 e. The fraction of sp³-hybridized carbons (Fsp3) is 0.893. The Hall–Kier alpha value is -0.870. The van der Waals surface area contributed by atoms with E-state index >= 15 is 0 Å². The fourth-order valence-corrected chi connectivity index (χ4v) is 4.06. The van der Waals surface area contributed by atoms with Gasteiger partial charge < -0.3 is 15.5 Å². The third-order valence-corrected chi connectivity index (χ3v) is 6.28. The maximum Gasteiger partial charge on any atom is 0.220 e. The zero-order valence-electron chi connectivity index (χ0n) is 21.5. The molecule has 0 bridgehead atoms. The molecule has 0 radical (unpaired) electrons. The van der Waals surface area contributed by atoms with Gasteiger partial charge in [0.25, 0.3) is 0 Å². The number of hydrogen-bond acceptors (Lipinski definition) is 3. The molecule has 3 N–H and O–H groups in total. The molecule has 0 rings (SSSR count). The molecule has 0 aromatic rings. The van der Waals surface area contributed by atoms with Crippen molar-refractivity contribution in [3.8, 4) is 0 Å². The van der Waals surface area contributed by atoms with Gasteiger partial charge >= 0.3 is 0 Å². The summed E-state index contributed by atoms with van der Waals surface area (Å²) in [6.45, 7) is 4.27. The second-order valence-corrected chi connectivity index (χ2v) is 9.46. The first-order valence-electron chi connectivity index (χ1n) is 13.9. The molecule has 1 amide bonds. The van der Waals surface area contributed by atoms with Gasteiger partial charge in [-0.25, -0.2) is 0 Å². The van der Waals surface area contributed by atoms with Crippen LogP contribution >= 0.6 is 0 Å². The summed E-state index contributed by atoms with van der Waals surface area (Å²) in [4.78, 5) is 12.2. The van der Waals surface area contributed by atoms with Gasteiger partial charge in [0.05, 0.1) is 18.8 Å². The number of nitrogens with one attached hydrogen (secondary N) is 1. The van der Waals surface area contributed by atoms with E-state index in [0.717, 1.165) is 25.7 Å². The molecule has 0 spiro atoms. The van der Waals surface area contributed by atoms with Crippen LogP contribution in [-0.4, -0.2) is 34.9 Å². The summed E-state index contributed by atoms with van der Waals surface area (Å²) < 4.78 is 0. The Morgan fingerprint density at radius 2 is 1.19 bits per heavy atom. The highest BCUT2D eigenvalue weighted by Gasteiger charge is 2.19. The monoisotopic (exact) mass is 453 g/mol. The van der Waals surface area contributed by atoms with E-state index in [4.69, 9.17) is 0 Å². The molecule has 0 saturated carbocycles. The van der Waals surface area contributed by atoms with Crippen LogP contribution in [0.4, 0.5) is 0 Å². The van der Waals surface area contributed by atoms with Gasteiger partial charge in [-0.15, -0.1) is 0 Å². The van der Waals surface area contributed by atoms with Crippen molar-refractivity contribution in [1.82, 2.24) is 5.32 Å². The quantitative estimate of drug-likeness (QED) is 0.107. The minimum absolute atomic E-state index is 0.0475. The third kappa shape index (κ3) is 21.0. The predicted molar refractivity (Wildman–Crippen MR) is 138 cm³/mol. The van der Waals surface area contributed by atoms with E-state index in [1.165, 1.54) is 89.9 Å². The lowest BCUT2D eigenvalue weighted by molar-refractivity contribution is -0.123. The lowest BCUT2D eigenvalue weighted by Crippen LogP contribution is -2.45. The number of unbranched alkanes of at least 4 members (excludes halogenated alkanes) is 15. The number of carbonyl (C=O) groups excluding carboxylic acids is 1. The molecule has 0 aliphatic heterocycles. The Morgan fingerprint density at radius 1 is 0.719 bits per heavy atom. The van der Waals surface area contributed by atoms with E-state index < -0.39 is 12.1 Å². The number of hydrogen-bond donors (Lipinski definition) is 3. The molecule has 0 aromatic heterocycles. The van der Waals surface area contributed by atoms with E-state index in [2.05, 4.69) is 31.3 Å². The molecule has 2 atom stereocenters. The summed E-state index contributed by atoms with van der Waals surface area (Å²) in [6, 6.07) is -0.531. The molecule has 4 heteroatoms. The number of aliphatic hydroxyl groups is 2. The van der Waals surface area contributed by atoms with Gasteiger partial charge in [-0.1, -0.05) is 109 Å². The van der Waals surface area contributed by atoms with E-state index in [9.17, 15) is 15.0 Å². The molecule has 0 aromatic carbocycles. The zero-order chi connectivity index (χ0) is 23.7. The largest absolute Gasteiger partial charge is 0.394 e. The molecule has 0 heterocycles. The summed E-state index contributed by atoms with van der Waals surface area (Å²) >= 11 is 0. The molecule has 190 valence electrons. The molecule has 0 aliphatic rings. The van der Waals surface area contributed by atoms with E-state index in [0.29, 0.717) is 12.8 Å². The topological polar surface area (TPSA) is 69.6 Å². The molecule has 0 fully saturated rings. The molecular formula is C28H55NO3. The number of aliphatic hydroxyl groups excluding tert-OH is 2. The average Bonchev–Trinajstić information content (AvgIpc) is 2.79. The number of rotatable bonds is 24. The minimum Gasteiger partial charge on any atom is -0.394 e. The number of allylic oxidation sites excluding steroid dienone is 2. The van der Waals surface area contributed by atoms with Crippen LogP contribution in [0, 0.1) is 0 Å². The average molecular weight is 454 g/mol. The lowest BCUT2D eigenvalue weighted by atomic mass is 10.0. The Kier molecular flexibility index (Phi) is 24.1. The van der Waals surface area contributed by atoms with Crippen molar-refractivity contribution < 1.29 is 15.0 Å². The summed E-state index contributed by atoms with van der Waals surface area (Å²) in [6.07, 6.45) is 26.8. The summed E-state index contributed by atoms with van der Waals surface area (Å²) in [5.74, 6) is -0.0475. The highest BCUT2D eigenvalue weighted by atomic mass is 16.3. The van der Waals surface area contributed by atoms with E-state index in [1.54, 1.807) is 0 Å². The van der Waals surface area contributed by atoms with E-state index in [-0.39, 0.29) is 12.5 Å². The van der Waals surface area contributed by atoms with Crippen molar-refractivity contribution in [2.24, 2.45) is 0 Å². The predicted octanol–water partition coefficient (Wildman–Crippen LogP) is 7.22. The summed E-state index contributed by atoms with van der Waals surface area (Å²) in [5, 5.41) is 22.7. The van der Waals surface area contributed by atoms with Crippen molar-refractivity contribution in [2.45, 2.75) is 154 Å². The van der Waals surface area contributed by atoms with Gasteiger partial charge in [0.15, 0.2) is 0 Å². The standard InChI is InChI=1S/C28H55NO3/c1-3-5-7-9-11-12-13-14-15-16-18-20-22-24-28(32)29-26(25-30)27(31)23-21-19-17-10-8-6-4-2/h12-13,26-27,30-31H,3-11,14-25H2,1-2H3,(H,29,32)/b13-12-. The van der Waals surface area contributed by atoms with Gasteiger partial charge in [0.2, 0.25) is 5.91 Å². The Labute approximate surface area is 199 Å². The Morgan fingerprint density at radius 3 is 1.75 bits per heavy atom. The molecule has 32 heavy (non-hydrogen) atoms. The maximum absolute atomic E-state index is 12.2. The normalized spacial score (nSPS) is 13.5. The fourth-order valence-electron chi connectivity index (χ4n) is 4.06. The van der Waals surface area contributed by atoms with Crippen LogP contribution in [0.1, 0.15) is 142 Å². The maximum atomic E-state index is 12.2. The lowest BCUT2D eigenvalue weighted by Gasteiger charge is -2.22. The van der Waals surface area contributed by atoms with Crippen molar-refractivity contribution in [3.05, 3.63) is 12.2 Å². The second-order valence-electron chi connectivity index (χ2n) is 9.46. The summed E-state index contributed by atoms with van der Waals surface area (Å²) in [7, 11) is 0. The van der Waals surface area contributed by atoms with Crippen LogP contribution < -0.4 is 5.32 Å². The Balaban J connectivity index is 3.63. The third-order valence-electron chi connectivity index (χ3n) is 6.28. The molecule has 4 nitrogen and oxygen atoms in total. The van der Waals surface area contributed by atoms with Crippen LogP contribution in [0.5, 0.6) is 0 Å². The van der Waals surface area contributed by atoms with Crippen LogP contribution in [0.2, 0.25) is 0 Å². The van der Waals surface area contributed by atoms with Gasteiger partial charge in [-0.3, -0.25) is 4.79 Å². The first-order chi connectivity index (χ1) is 15.7. The minimum atomic E-state index is -0.653. The molecule has 2 unspecified atom stereocenters. The summed E-state index contributed by atoms with van der Waals surface area (Å²) in [5.41, 5.74) is 0. The van der Waals surface area contributed by atoms with Crippen molar-refractivity contribution in [3.63, 3.8) is 0 Å². The molecular weight excluding hydrogens is 398 g/mol. The highest BCUT2D eigenvalue weighted by Crippen LogP contribution is 2.12. The second kappa shape index (κ2) is 24.8. The zero-order valence-corrected chi connectivity index (χ0v) is 21.5. The van der Waals surface area contributed by atoms with Crippen LogP contribution in [0.3, 0.4) is 0 Å². The van der Waals surface area contributed by atoms with Crippen molar-refractivity contribution in [1.29, 1.82) is 0 Å². The first-order valence-corrected chi connectivity index (χ1v) is 13.9.